The van der Waals surface area contributed by atoms with Gasteiger partial charge >= 0.3 is 6.03 Å². The number of ketones is 1. The number of urea groups is 1. The highest BCUT2D eigenvalue weighted by Crippen LogP contribution is 2.19. The molecule has 0 radical (unpaired) electrons. The predicted octanol–water partition coefficient (Wildman–Crippen LogP) is 3.26. The molecule has 1 saturated heterocycles. The average molecular weight is 412 g/mol. The fourth-order valence-electron chi connectivity index (χ4n) is 3.90. The van der Waals surface area contributed by atoms with Gasteiger partial charge in [-0.15, -0.1) is 0 Å². The lowest BCUT2D eigenvalue weighted by Gasteiger charge is -2.13. The summed E-state index contributed by atoms with van der Waals surface area (Å²) in [5, 5.41) is 2.66. The number of hydrogen-bond acceptors (Lipinski definition) is 4. The second-order valence-corrected chi connectivity index (χ2v) is 7.67. The number of imide groups is 1. The predicted molar refractivity (Wildman–Crippen MR) is 114 cm³/mol. The van der Waals surface area contributed by atoms with Crippen LogP contribution in [0.5, 0.6) is 5.75 Å². The fourth-order valence-corrected chi connectivity index (χ4v) is 3.90. The van der Waals surface area contributed by atoms with Gasteiger partial charge in [-0.25, -0.2) is 4.79 Å². The minimum Gasteiger partial charge on any atom is -0.497 e. The van der Waals surface area contributed by atoms with E-state index in [9.17, 15) is 14.4 Å². The number of hydrogen-bond donors (Lipinski definition) is 1. The Hall–Kier alpha value is -3.09. The van der Waals surface area contributed by atoms with Gasteiger partial charge < -0.3 is 14.6 Å². The summed E-state index contributed by atoms with van der Waals surface area (Å²) in [4.78, 5) is 38.5. The Balaban J connectivity index is 1.69. The van der Waals surface area contributed by atoms with Crippen molar-refractivity contribution in [2.24, 2.45) is 0 Å². The Kier molecular flexibility index (Phi) is 6.59. The third kappa shape index (κ3) is 4.40. The van der Waals surface area contributed by atoms with E-state index in [0.717, 1.165) is 41.4 Å². The van der Waals surface area contributed by atoms with Crippen molar-refractivity contribution in [2.75, 3.05) is 13.7 Å². The Morgan fingerprint density at radius 2 is 1.87 bits per heavy atom. The molecular weight excluding hydrogens is 382 g/mol. The van der Waals surface area contributed by atoms with Crippen LogP contribution in [0.25, 0.3) is 0 Å². The molecule has 1 aliphatic rings. The molecule has 1 atom stereocenters. The molecule has 160 valence electrons. The highest BCUT2D eigenvalue weighted by Gasteiger charge is 2.38. The summed E-state index contributed by atoms with van der Waals surface area (Å²) in [6.45, 7) is 6.32. The molecule has 0 aliphatic carbocycles. The summed E-state index contributed by atoms with van der Waals surface area (Å²) in [5.41, 5.74) is 3.56. The molecule has 0 bridgehead atoms. The molecule has 30 heavy (non-hydrogen) atoms. The van der Waals surface area contributed by atoms with E-state index in [0.29, 0.717) is 12.0 Å². The lowest BCUT2D eigenvalue weighted by atomic mass is 10.1. The van der Waals surface area contributed by atoms with Crippen molar-refractivity contribution in [3.05, 3.63) is 52.8 Å². The van der Waals surface area contributed by atoms with Gasteiger partial charge in [0.15, 0.2) is 5.78 Å². The van der Waals surface area contributed by atoms with E-state index in [-0.39, 0.29) is 18.2 Å². The van der Waals surface area contributed by atoms with Crippen molar-refractivity contribution in [1.82, 2.24) is 14.8 Å². The largest absolute Gasteiger partial charge is 0.497 e. The van der Waals surface area contributed by atoms with E-state index in [1.165, 1.54) is 5.56 Å². The fraction of sp³-hybridized carbons (Fsp3) is 0.435. The van der Waals surface area contributed by atoms with Gasteiger partial charge in [-0.2, -0.15) is 0 Å². The van der Waals surface area contributed by atoms with Crippen LogP contribution in [-0.4, -0.2) is 46.9 Å². The first-order valence-corrected chi connectivity index (χ1v) is 10.3. The van der Waals surface area contributed by atoms with E-state index in [2.05, 4.69) is 9.88 Å². The number of aryl methyl sites for hydroxylation is 2. The molecule has 7 nitrogen and oxygen atoms in total. The summed E-state index contributed by atoms with van der Waals surface area (Å²) >= 11 is 0. The highest BCUT2D eigenvalue weighted by molar-refractivity contribution is 6.09. The van der Waals surface area contributed by atoms with Crippen molar-refractivity contribution in [2.45, 2.75) is 52.6 Å². The van der Waals surface area contributed by atoms with Crippen molar-refractivity contribution >= 4 is 17.7 Å². The van der Waals surface area contributed by atoms with Crippen molar-refractivity contribution in [3.8, 4) is 5.75 Å². The Morgan fingerprint density at radius 3 is 2.50 bits per heavy atom. The van der Waals surface area contributed by atoms with E-state index in [4.69, 9.17) is 4.74 Å². The van der Waals surface area contributed by atoms with Gasteiger partial charge in [0.25, 0.3) is 5.91 Å². The van der Waals surface area contributed by atoms with Gasteiger partial charge in [0.05, 0.1) is 13.7 Å². The molecule has 2 heterocycles. The van der Waals surface area contributed by atoms with E-state index in [1.54, 1.807) is 7.11 Å². The van der Waals surface area contributed by atoms with E-state index >= 15 is 0 Å². The molecule has 7 heteroatoms. The molecule has 3 rings (SSSR count). The monoisotopic (exact) mass is 411 g/mol. The zero-order valence-corrected chi connectivity index (χ0v) is 18.0. The summed E-state index contributed by atoms with van der Waals surface area (Å²) in [5.74, 6) is 0.282. The van der Waals surface area contributed by atoms with Gasteiger partial charge in [-0.05, 0) is 50.5 Å². The summed E-state index contributed by atoms with van der Waals surface area (Å²) in [7, 11) is 1.64. The van der Waals surface area contributed by atoms with Crippen molar-refractivity contribution < 1.29 is 19.1 Å². The van der Waals surface area contributed by atoms with Crippen molar-refractivity contribution in [3.63, 3.8) is 0 Å². The van der Waals surface area contributed by atoms with Crippen LogP contribution in [-0.2, 0) is 17.8 Å². The maximum Gasteiger partial charge on any atom is 0.325 e. The second kappa shape index (κ2) is 9.15. The quantitative estimate of drug-likeness (QED) is 0.507. The molecule has 2 aromatic rings. The number of methoxy groups -OCH3 is 1. The number of benzene rings is 1. The number of carbonyl (C=O) groups is 3. The number of carbonyl (C=O) groups excluding carboxylic acids is 3. The van der Waals surface area contributed by atoms with Crippen LogP contribution < -0.4 is 10.1 Å². The molecule has 0 saturated carbocycles. The summed E-state index contributed by atoms with van der Waals surface area (Å²) in [6.07, 6.45) is 2.18. The number of rotatable bonds is 9. The van der Waals surface area contributed by atoms with Crippen molar-refractivity contribution in [1.29, 1.82) is 0 Å². The maximum absolute atomic E-state index is 12.9. The first-order chi connectivity index (χ1) is 14.3. The van der Waals surface area contributed by atoms with Crippen LogP contribution in [0.4, 0.5) is 4.79 Å². The second-order valence-electron chi connectivity index (χ2n) is 7.67. The van der Waals surface area contributed by atoms with Gasteiger partial charge in [0.1, 0.15) is 11.8 Å². The topological polar surface area (TPSA) is 80.6 Å². The van der Waals surface area contributed by atoms with Crippen LogP contribution in [0.1, 0.15) is 47.1 Å². The van der Waals surface area contributed by atoms with Crippen LogP contribution in [0.3, 0.4) is 0 Å². The third-order valence-corrected chi connectivity index (χ3v) is 5.64. The summed E-state index contributed by atoms with van der Waals surface area (Å²) < 4.78 is 7.29. The smallest absolute Gasteiger partial charge is 0.325 e. The first-order valence-electron chi connectivity index (χ1n) is 10.3. The van der Waals surface area contributed by atoms with E-state index < -0.39 is 12.1 Å². The minimum atomic E-state index is -0.521. The maximum atomic E-state index is 12.9. The van der Waals surface area contributed by atoms with Gasteiger partial charge in [-0.1, -0.05) is 25.5 Å². The number of nitrogens with zero attached hydrogens (tertiary/aromatic N) is 2. The molecule has 1 N–H and O–H groups in total. The Bertz CT molecular complexity index is 946. The standard InChI is InChI=1S/C23H29N3O4/c1-5-6-20-22(28)26(23(29)24-20)14-21(27)19-13-15(2)25(16(19)3)12-11-17-7-9-18(30-4)10-8-17/h7-10,13,20H,5-6,11-12,14H2,1-4H3,(H,24,29). The molecular formula is C23H29N3O4. The lowest BCUT2D eigenvalue weighted by molar-refractivity contribution is -0.127. The molecule has 1 aromatic carbocycles. The summed E-state index contributed by atoms with van der Waals surface area (Å²) in [6, 6.07) is 8.76. The van der Waals surface area contributed by atoms with Gasteiger partial charge in [-0.3, -0.25) is 14.5 Å². The highest BCUT2D eigenvalue weighted by atomic mass is 16.5. The number of nitrogens with one attached hydrogen (secondary N) is 1. The van der Waals surface area contributed by atoms with Crippen LogP contribution >= 0.6 is 0 Å². The molecule has 1 fully saturated rings. The molecule has 1 aromatic heterocycles. The normalized spacial score (nSPS) is 16.1. The zero-order chi connectivity index (χ0) is 21.8. The Morgan fingerprint density at radius 1 is 1.17 bits per heavy atom. The van der Waals surface area contributed by atoms with Gasteiger partial charge in [0, 0.05) is 23.5 Å². The number of Topliss-reactive ketones (excluding diaryl/α,β-unsaturated/α-hetero) is 1. The van der Waals surface area contributed by atoms with Crippen LogP contribution in [0.2, 0.25) is 0 Å². The molecule has 0 spiro atoms. The zero-order valence-electron chi connectivity index (χ0n) is 18.0. The van der Waals surface area contributed by atoms with Gasteiger partial charge in [0.2, 0.25) is 0 Å². The van der Waals surface area contributed by atoms with E-state index in [1.807, 2.05) is 51.1 Å². The first kappa shape index (κ1) is 21.6. The minimum absolute atomic E-state index is 0.223. The number of amides is 3. The Labute approximate surface area is 177 Å². The number of ether oxygens (including phenoxy) is 1. The molecule has 1 unspecified atom stereocenters. The van der Waals surface area contributed by atoms with Crippen LogP contribution in [0, 0.1) is 13.8 Å². The molecule has 1 aliphatic heterocycles. The third-order valence-electron chi connectivity index (χ3n) is 5.64. The average Bonchev–Trinajstić information content (AvgIpc) is 3.17. The van der Waals surface area contributed by atoms with Crippen LogP contribution in [0.15, 0.2) is 30.3 Å². The molecule has 3 amide bonds. The lowest BCUT2D eigenvalue weighted by Crippen LogP contribution is -2.36. The number of aromatic nitrogens is 1. The SMILES string of the molecule is CCCC1NC(=O)N(CC(=O)c2cc(C)n(CCc3ccc(OC)cc3)c2C)C1=O.